The molecule has 0 aliphatic carbocycles. The lowest BCUT2D eigenvalue weighted by Crippen LogP contribution is -2.28. The van der Waals surface area contributed by atoms with E-state index in [1.54, 1.807) is 6.07 Å². The first-order valence-electron chi connectivity index (χ1n) is 8.56. The van der Waals surface area contributed by atoms with Crippen molar-refractivity contribution in [2.45, 2.75) is 20.4 Å². The maximum Gasteiger partial charge on any atom is 0.319 e. The number of ether oxygens (including phenoxy) is 1. The normalized spacial score (nSPS) is 10.5. The van der Waals surface area contributed by atoms with Gasteiger partial charge in [0.25, 0.3) is 0 Å². The molecule has 0 atom stereocenters. The largest absolute Gasteiger partial charge is 0.492 e. The Labute approximate surface area is 167 Å². The highest BCUT2D eigenvalue weighted by Crippen LogP contribution is 2.32. The maximum absolute atomic E-state index is 12.3. The minimum absolute atomic E-state index is 0.297. The molecule has 0 radical (unpaired) electrons. The zero-order valence-corrected chi connectivity index (χ0v) is 16.7. The zero-order chi connectivity index (χ0) is 19.2. The highest BCUT2D eigenvalue weighted by Gasteiger charge is 2.13. The molecule has 0 saturated heterocycles. The quantitative estimate of drug-likeness (QED) is 0.573. The molecule has 0 saturated carbocycles. The van der Waals surface area contributed by atoms with Crippen LogP contribution in [-0.2, 0) is 6.54 Å². The molecule has 0 bridgehead atoms. The fourth-order valence-corrected chi connectivity index (χ4v) is 3.84. The summed E-state index contributed by atoms with van der Waals surface area (Å²) in [7, 11) is 0. The summed E-state index contributed by atoms with van der Waals surface area (Å²) in [5.74, 6) is 0.644. The van der Waals surface area contributed by atoms with E-state index in [2.05, 4.69) is 15.6 Å². The third kappa shape index (κ3) is 4.78. The van der Waals surface area contributed by atoms with Gasteiger partial charge in [-0.1, -0.05) is 41.9 Å². The van der Waals surface area contributed by atoms with Crippen LogP contribution in [0.15, 0.2) is 48.5 Å². The van der Waals surface area contributed by atoms with Gasteiger partial charge in [-0.15, -0.1) is 11.3 Å². The number of thiazole rings is 1. The Morgan fingerprint density at radius 1 is 1.19 bits per heavy atom. The molecule has 140 valence electrons. The van der Waals surface area contributed by atoms with Crippen molar-refractivity contribution in [2.24, 2.45) is 0 Å². The smallest absolute Gasteiger partial charge is 0.319 e. The van der Waals surface area contributed by atoms with Crippen LogP contribution in [0, 0.1) is 6.92 Å². The Morgan fingerprint density at radius 2 is 1.93 bits per heavy atom. The SMILES string of the molecule is CCOc1ccccc1NC(=O)NCc1sc(-c2ccccc2Cl)nc1C. The molecule has 0 unspecified atom stereocenters. The van der Waals surface area contributed by atoms with Gasteiger partial charge in [0, 0.05) is 10.4 Å². The second-order valence-corrected chi connectivity index (χ2v) is 7.24. The molecule has 5 nitrogen and oxygen atoms in total. The van der Waals surface area contributed by atoms with Gasteiger partial charge >= 0.3 is 6.03 Å². The van der Waals surface area contributed by atoms with Crippen LogP contribution in [0.25, 0.3) is 10.6 Å². The molecular weight excluding hydrogens is 382 g/mol. The number of aromatic nitrogens is 1. The summed E-state index contributed by atoms with van der Waals surface area (Å²) in [6, 6.07) is 14.6. The highest BCUT2D eigenvalue weighted by molar-refractivity contribution is 7.15. The standard InChI is InChI=1S/C20H20ClN3O2S/c1-3-26-17-11-7-6-10-16(17)24-20(25)22-12-18-13(2)23-19(27-18)14-8-4-5-9-15(14)21/h4-11H,3,12H2,1-2H3,(H2,22,24,25). The number of para-hydroxylation sites is 2. The monoisotopic (exact) mass is 401 g/mol. The van der Waals surface area contributed by atoms with Crippen molar-refractivity contribution in [3.63, 3.8) is 0 Å². The number of urea groups is 1. The number of anilines is 1. The fourth-order valence-electron chi connectivity index (χ4n) is 2.52. The average Bonchev–Trinajstić information content (AvgIpc) is 3.03. The second-order valence-electron chi connectivity index (χ2n) is 5.74. The first-order valence-corrected chi connectivity index (χ1v) is 9.75. The van der Waals surface area contributed by atoms with Crippen molar-refractivity contribution in [1.29, 1.82) is 0 Å². The number of nitrogens with zero attached hydrogens (tertiary/aromatic N) is 1. The van der Waals surface area contributed by atoms with Gasteiger partial charge in [-0.3, -0.25) is 0 Å². The summed E-state index contributed by atoms with van der Waals surface area (Å²) in [6.07, 6.45) is 0. The van der Waals surface area contributed by atoms with E-state index in [9.17, 15) is 4.79 Å². The Morgan fingerprint density at radius 3 is 2.70 bits per heavy atom. The van der Waals surface area contributed by atoms with Gasteiger partial charge in [-0.2, -0.15) is 0 Å². The van der Waals surface area contributed by atoms with Gasteiger partial charge in [0.05, 0.1) is 29.6 Å². The summed E-state index contributed by atoms with van der Waals surface area (Å²) in [5.41, 5.74) is 2.41. The van der Waals surface area contributed by atoms with E-state index in [1.807, 2.05) is 56.3 Å². The minimum Gasteiger partial charge on any atom is -0.492 e. The number of carbonyl (C=O) groups excluding carboxylic acids is 1. The van der Waals surface area contributed by atoms with E-state index in [4.69, 9.17) is 16.3 Å². The summed E-state index contributed by atoms with van der Waals surface area (Å²) < 4.78 is 5.52. The summed E-state index contributed by atoms with van der Waals surface area (Å²) in [6.45, 7) is 4.75. The number of amides is 2. The molecule has 27 heavy (non-hydrogen) atoms. The summed E-state index contributed by atoms with van der Waals surface area (Å²) in [4.78, 5) is 17.8. The molecule has 1 aromatic heterocycles. The molecule has 2 amide bonds. The molecule has 3 aromatic rings. The van der Waals surface area contributed by atoms with Crippen LogP contribution in [0.5, 0.6) is 5.75 Å². The minimum atomic E-state index is -0.297. The van der Waals surface area contributed by atoms with E-state index >= 15 is 0 Å². The Balaban J connectivity index is 1.65. The number of hydrogen-bond donors (Lipinski definition) is 2. The molecule has 0 fully saturated rings. The zero-order valence-electron chi connectivity index (χ0n) is 15.1. The molecular formula is C20H20ClN3O2S. The summed E-state index contributed by atoms with van der Waals surface area (Å²) in [5, 5.41) is 7.20. The number of aryl methyl sites for hydroxylation is 1. The molecule has 0 aliphatic heterocycles. The van der Waals surface area contributed by atoms with E-state index in [-0.39, 0.29) is 6.03 Å². The van der Waals surface area contributed by atoms with E-state index in [0.717, 1.165) is 21.1 Å². The Hall–Kier alpha value is -2.57. The molecule has 0 aliphatic rings. The number of benzene rings is 2. The predicted octanol–water partition coefficient (Wildman–Crippen LogP) is 5.49. The number of halogens is 1. The number of rotatable bonds is 6. The van der Waals surface area contributed by atoms with Crippen LogP contribution in [0.2, 0.25) is 5.02 Å². The average molecular weight is 402 g/mol. The van der Waals surface area contributed by atoms with Crippen LogP contribution < -0.4 is 15.4 Å². The Bertz CT molecular complexity index is 942. The van der Waals surface area contributed by atoms with Crippen LogP contribution in [-0.4, -0.2) is 17.6 Å². The lowest BCUT2D eigenvalue weighted by Gasteiger charge is -2.11. The number of nitrogens with one attached hydrogen (secondary N) is 2. The van der Waals surface area contributed by atoms with Crippen LogP contribution in [0.3, 0.4) is 0 Å². The number of carbonyl (C=O) groups is 1. The third-order valence-electron chi connectivity index (χ3n) is 3.84. The lowest BCUT2D eigenvalue weighted by atomic mass is 10.2. The van der Waals surface area contributed by atoms with Crippen LogP contribution in [0.4, 0.5) is 10.5 Å². The lowest BCUT2D eigenvalue weighted by molar-refractivity contribution is 0.251. The summed E-state index contributed by atoms with van der Waals surface area (Å²) >= 11 is 7.78. The van der Waals surface area contributed by atoms with Gasteiger partial charge < -0.3 is 15.4 Å². The molecule has 2 N–H and O–H groups in total. The molecule has 0 spiro atoms. The van der Waals surface area contributed by atoms with Crippen molar-refractivity contribution in [2.75, 3.05) is 11.9 Å². The molecule has 3 rings (SSSR count). The van der Waals surface area contributed by atoms with E-state index in [1.165, 1.54) is 11.3 Å². The van der Waals surface area contributed by atoms with Gasteiger partial charge in [0.2, 0.25) is 0 Å². The van der Waals surface area contributed by atoms with Crippen molar-refractivity contribution in [3.05, 3.63) is 64.1 Å². The topological polar surface area (TPSA) is 63.2 Å². The fraction of sp³-hybridized carbons (Fsp3) is 0.200. The van der Waals surface area contributed by atoms with Crippen LogP contribution in [0.1, 0.15) is 17.5 Å². The molecule has 2 aromatic carbocycles. The highest BCUT2D eigenvalue weighted by atomic mass is 35.5. The van der Waals surface area contributed by atoms with Crippen molar-refractivity contribution in [3.8, 4) is 16.3 Å². The first kappa shape index (κ1) is 19.2. The predicted molar refractivity (Wildman–Crippen MR) is 111 cm³/mol. The van der Waals surface area contributed by atoms with Crippen LogP contribution >= 0.6 is 22.9 Å². The van der Waals surface area contributed by atoms with E-state index < -0.39 is 0 Å². The van der Waals surface area contributed by atoms with Gasteiger partial charge in [0.1, 0.15) is 10.8 Å². The van der Waals surface area contributed by atoms with Crippen molar-refractivity contribution in [1.82, 2.24) is 10.3 Å². The van der Waals surface area contributed by atoms with Gasteiger partial charge in [-0.05, 0) is 32.0 Å². The van der Waals surface area contributed by atoms with Crippen molar-refractivity contribution < 1.29 is 9.53 Å². The number of hydrogen-bond acceptors (Lipinski definition) is 4. The second kappa shape index (κ2) is 8.88. The van der Waals surface area contributed by atoms with Crippen molar-refractivity contribution >= 4 is 34.7 Å². The molecule has 1 heterocycles. The van der Waals surface area contributed by atoms with Gasteiger partial charge in [-0.25, -0.2) is 9.78 Å². The maximum atomic E-state index is 12.3. The third-order valence-corrected chi connectivity index (χ3v) is 5.36. The molecule has 7 heteroatoms. The Kier molecular flexibility index (Phi) is 6.32. The van der Waals surface area contributed by atoms with E-state index in [0.29, 0.717) is 29.6 Å². The first-order chi connectivity index (χ1) is 13.1. The van der Waals surface area contributed by atoms with Gasteiger partial charge in [0.15, 0.2) is 0 Å².